The summed E-state index contributed by atoms with van der Waals surface area (Å²) in [4.78, 5) is 26.6. The molecule has 1 aromatic heterocycles. The molecule has 5 nitrogen and oxygen atoms in total. The fourth-order valence-electron chi connectivity index (χ4n) is 2.23. The lowest BCUT2D eigenvalue weighted by Gasteiger charge is -2.23. The van der Waals surface area contributed by atoms with Gasteiger partial charge in [-0.3, -0.25) is 9.59 Å². The Bertz CT molecular complexity index is 683. The molecular formula is C18H22N2O3S. The normalized spacial score (nSPS) is 12.0. The smallest absolute Gasteiger partial charge is 0.258 e. The summed E-state index contributed by atoms with van der Waals surface area (Å²) in [6.07, 6.45) is 0. The highest BCUT2D eigenvalue weighted by Gasteiger charge is 2.16. The second kappa shape index (κ2) is 8.61. The molecule has 1 unspecified atom stereocenters. The lowest BCUT2D eigenvalue weighted by molar-refractivity contribution is -0.123. The monoisotopic (exact) mass is 346 g/mol. The van der Waals surface area contributed by atoms with E-state index in [1.54, 1.807) is 35.6 Å². The minimum absolute atomic E-state index is 0.0327. The van der Waals surface area contributed by atoms with Crippen molar-refractivity contribution in [2.75, 3.05) is 27.2 Å². The van der Waals surface area contributed by atoms with Gasteiger partial charge in [-0.25, -0.2) is 0 Å². The number of ether oxygens (including phenoxy) is 1. The lowest BCUT2D eigenvalue weighted by Crippen LogP contribution is -2.36. The first kappa shape index (κ1) is 18.2. The van der Waals surface area contributed by atoms with Gasteiger partial charge in [0.1, 0.15) is 5.75 Å². The third kappa shape index (κ3) is 5.18. The molecule has 24 heavy (non-hydrogen) atoms. The first-order valence-electron chi connectivity index (χ1n) is 7.67. The van der Waals surface area contributed by atoms with E-state index in [0.717, 1.165) is 0 Å². The number of nitrogens with one attached hydrogen (secondary N) is 1. The van der Waals surface area contributed by atoms with Gasteiger partial charge in [0.15, 0.2) is 12.4 Å². The fourth-order valence-corrected chi connectivity index (χ4v) is 3.16. The van der Waals surface area contributed by atoms with E-state index < -0.39 is 0 Å². The van der Waals surface area contributed by atoms with Crippen molar-refractivity contribution in [1.29, 1.82) is 0 Å². The molecule has 0 radical (unpaired) electrons. The molecule has 2 aromatic rings. The Morgan fingerprint density at radius 2 is 2.04 bits per heavy atom. The number of hydrogen-bond acceptors (Lipinski definition) is 5. The molecule has 6 heteroatoms. The quantitative estimate of drug-likeness (QED) is 0.747. The number of carbonyl (C=O) groups is 2. The molecule has 0 aliphatic heterocycles. The summed E-state index contributed by atoms with van der Waals surface area (Å²) >= 11 is 1.67. The van der Waals surface area contributed by atoms with E-state index in [1.807, 2.05) is 25.5 Å². The van der Waals surface area contributed by atoms with Crippen molar-refractivity contribution in [3.63, 3.8) is 0 Å². The van der Waals surface area contributed by atoms with E-state index in [1.165, 1.54) is 11.8 Å². The predicted octanol–water partition coefficient (Wildman–Crippen LogP) is 2.75. The summed E-state index contributed by atoms with van der Waals surface area (Å²) in [5, 5.41) is 4.92. The number of thiophene rings is 1. The molecule has 128 valence electrons. The van der Waals surface area contributed by atoms with E-state index in [0.29, 0.717) is 17.9 Å². The van der Waals surface area contributed by atoms with Crippen LogP contribution in [0.5, 0.6) is 5.75 Å². The highest BCUT2D eigenvalue weighted by atomic mass is 32.1. The van der Waals surface area contributed by atoms with Crippen molar-refractivity contribution in [2.45, 2.75) is 13.0 Å². The number of rotatable bonds is 8. The van der Waals surface area contributed by atoms with Gasteiger partial charge in [0, 0.05) is 17.0 Å². The third-order valence-electron chi connectivity index (χ3n) is 3.60. The molecule has 2 rings (SSSR count). The van der Waals surface area contributed by atoms with Crippen LogP contribution in [0.25, 0.3) is 0 Å². The number of benzene rings is 1. The first-order valence-corrected chi connectivity index (χ1v) is 8.55. The average Bonchev–Trinajstić information content (AvgIpc) is 3.07. The second-order valence-electron chi connectivity index (χ2n) is 5.67. The van der Waals surface area contributed by atoms with Crippen LogP contribution in [0.4, 0.5) is 0 Å². The van der Waals surface area contributed by atoms with Crippen LogP contribution in [-0.4, -0.2) is 43.8 Å². The number of amides is 1. The van der Waals surface area contributed by atoms with Gasteiger partial charge >= 0.3 is 0 Å². The minimum Gasteiger partial charge on any atom is -0.484 e. The molecule has 0 saturated carbocycles. The van der Waals surface area contributed by atoms with Crippen LogP contribution in [-0.2, 0) is 4.79 Å². The van der Waals surface area contributed by atoms with Crippen molar-refractivity contribution < 1.29 is 14.3 Å². The third-order valence-corrected chi connectivity index (χ3v) is 4.57. The largest absolute Gasteiger partial charge is 0.484 e. The minimum atomic E-state index is -0.188. The molecule has 1 amide bonds. The maximum atomic E-state index is 12.0. The average molecular weight is 346 g/mol. The molecule has 0 bridgehead atoms. The molecule has 1 atom stereocenters. The number of Topliss-reactive ketones (excluding diaryl/α,β-unsaturated/α-hetero) is 1. The molecule has 0 fully saturated rings. The van der Waals surface area contributed by atoms with E-state index in [2.05, 4.69) is 16.3 Å². The van der Waals surface area contributed by atoms with Gasteiger partial charge in [0.2, 0.25) is 0 Å². The summed E-state index contributed by atoms with van der Waals surface area (Å²) in [6, 6.07) is 11.0. The lowest BCUT2D eigenvalue weighted by atomic mass is 10.1. The van der Waals surface area contributed by atoms with Crippen molar-refractivity contribution in [2.24, 2.45) is 0 Å². The van der Waals surface area contributed by atoms with E-state index >= 15 is 0 Å². The zero-order chi connectivity index (χ0) is 17.5. The first-order chi connectivity index (χ1) is 11.5. The van der Waals surface area contributed by atoms with Crippen molar-refractivity contribution >= 4 is 23.0 Å². The summed E-state index contributed by atoms with van der Waals surface area (Å²) in [6.45, 7) is 1.94. The Morgan fingerprint density at radius 3 is 2.67 bits per heavy atom. The highest BCUT2D eigenvalue weighted by Crippen LogP contribution is 2.22. The Balaban J connectivity index is 1.85. The van der Waals surface area contributed by atoms with Gasteiger partial charge < -0.3 is 15.0 Å². The van der Waals surface area contributed by atoms with Gasteiger partial charge in [-0.1, -0.05) is 18.2 Å². The summed E-state index contributed by atoms with van der Waals surface area (Å²) in [7, 11) is 3.97. The molecular weight excluding hydrogens is 324 g/mol. The fraction of sp³-hybridized carbons (Fsp3) is 0.333. The van der Waals surface area contributed by atoms with Crippen LogP contribution in [0.15, 0.2) is 41.8 Å². The van der Waals surface area contributed by atoms with Crippen LogP contribution in [0.2, 0.25) is 0 Å². The number of nitrogens with zero attached hydrogens (tertiary/aromatic N) is 1. The van der Waals surface area contributed by atoms with Crippen LogP contribution in [0.3, 0.4) is 0 Å². The van der Waals surface area contributed by atoms with Crippen molar-refractivity contribution in [3.05, 3.63) is 52.2 Å². The van der Waals surface area contributed by atoms with Crippen molar-refractivity contribution in [1.82, 2.24) is 10.2 Å². The SMILES string of the molecule is CC(=O)c1cccc(OCC(=O)NCC(c2cccs2)N(C)C)c1. The molecule has 1 N–H and O–H groups in total. The Kier molecular flexibility index (Phi) is 6.52. The molecule has 1 heterocycles. The number of hydrogen-bond donors (Lipinski definition) is 1. The standard InChI is InChI=1S/C18H22N2O3S/c1-13(21)14-6-4-7-15(10-14)23-12-18(22)19-11-16(20(2)3)17-8-5-9-24-17/h4-10,16H,11-12H2,1-3H3,(H,19,22). The van der Waals surface area contributed by atoms with Gasteiger partial charge in [0.05, 0.1) is 6.04 Å². The van der Waals surface area contributed by atoms with Gasteiger partial charge in [-0.15, -0.1) is 11.3 Å². The Morgan fingerprint density at radius 1 is 1.25 bits per heavy atom. The van der Waals surface area contributed by atoms with Crippen LogP contribution in [0, 0.1) is 0 Å². The number of ketones is 1. The molecule has 0 aliphatic rings. The Labute approximate surface area is 146 Å². The highest BCUT2D eigenvalue weighted by molar-refractivity contribution is 7.10. The van der Waals surface area contributed by atoms with Crippen LogP contribution >= 0.6 is 11.3 Å². The maximum absolute atomic E-state index is 12.0. The Hall–Kier alpha value is -2.18. The summed E-state index contributed by atoms with van der Waals surface area (Å²) in [5.41, 5.74) is 0.568. The summed E-state index contributed by atoms with van der Waals surface area (Å²) in [5.74, 6) is 0.293. The maximum Gasteiger partial charge on any atom is 0.258 e. The van der Waals surface area contributed by atoms with Crippen LogP contribution < -0.4 is 10.1 Å². The van der Waals surface area contributed by atoms with Gasteiger partial charge in [0.25, 0.3) is 5.91 Å². The predicted molar refractivity (Wildman–Crippen MR) is 95.7 cm³/mol. The second-order valence-corrected chi connectivity index (χ2v) is 6.65. The van der Waals surface area contributed by atoms with E-state index in [9.17, 15) is 9.59 Å². The molecule has 0 spiro atoms. The zero-order valence-electron chi connectivity index (χ0n) is 14.1. The van der Waals surface area contributed by atoms with Crippen molar-refractivity contribution in [3.8, 4) is 5.75 Å². The topological polar surface area (TPSA) is 58.6 Å². The number of carbonyl (C=O) groups excluding carboxylic acids is 2. The van der Waals surface area contributed by atoms with Crippen LogP contribution in [0.1, 0.15) is 28.2 Å². The zero-order valence-corrected chi connectivity index (χ0v) is 14.9. The summed E-state index contributed by atoms with van der Waals surface area (Å²) < 4.78 is 5.47. The van der Waals surface area contributed by atoms with E-state index in [-0.39, 0.29) is 24.3 Å². The van der Waals surface area contributed by atoms with Gasteiger partial charge in [-0.05, 0) is 44.6 Å². The van der Waals surface area contributed by atoms with Gasteiger partial charge in [-0.2, -0.15) is 0 Å². The molecule has 0 aliphatic carbocycles. The molecule has 0 saturated heterocycles. The van der Waals surface area contributed by atoms with E-state index in [4.69, 9.17) is 4.74 Å². The molecule has 1 aromatic carbocycles. The number of likely N-dealkylation sites (N-methyl/N-ethyl adjacent to an activating group) is 1.